The molecule has 0 heterocycles. The van der Waals surface area contributed by atoms with Crippen molar-refractivity contribution in [2.45, 2.75) is 46.6 Å². The van der Waals surface area contributed by atoms with Crippen LogP contribution in [0, 0.1) is 16.7 Å². The van der Waals surface area contributed by atoms with E-state index in [9.17, 15) is 4.79 Å². The lowest BCUT2D eigenvalue weighted by atomic mass is 9.85. The van der Waals surface area contributed by atoms with Gasteiger partial charge in [-0.2, -0.15) is 5.26 Å². The highest BCUT2D eigenvalue weighted by molar-refractivity contribution is 5.76. The van der Waals surface area contributed by atoms with E-state index in [1.807, 2.05) is 33.8 Å². The van der Waals surface area contributed by atoms with Crippen molar-refractivity contribution in [3.8, 4) is 6.07 Å². The molecule has 0 aromatic heterocycles. The molecule has 0 rings (SSSR count). The Morgan fingerprint density at radius 3 is 2.44 bits per heavy atom. The molecule has 92 valence electrons. The lowest BCUT2D eigenvalue weighted by Crippen LogP contribution is -2.42. The van der Waals surface area contributed by atoms with Crippen LogP contribution >= 0.6 is 0 Å². The first-order valence-electron chi connectivity index (χ1n) is 5.73. The molecule has 0 aromatic carbocycles. The number of nitriles is 1. The molecule has 0 saturated carbocycles. The summed E-state index contributed by atoms with van der Waals surface area (Å²) in [6.45, 7) is 9.13. The van der Waals surface area contributed by atoms with E-state index in [1.165, 1.54) is 0 Å². The van der Waals surface area contributed by atoms with Gasteiger partial charge in [0.2, 0.25) is 5.91 Å². The van der Waals surface area contributed by atoms with Crippen molar-refractivity contribution in [1.82, 2.24) is 4.90 Å². The minimum atomic E-state index is -0.142. The van der Waals surface area contributed by atoms with E-state index in [2.05, 4.69) is 0 Å². The van der Waals surface area contributed by atoms with Gasteiger partial charge < -0.3 is 10.6 Å². The van der Waals surface area contributed by atoms with Gasteiger partial charge in [0.15, 0.2) is 0 Å². The Kier molecular flexibility index (Phi) is 6.05. The standard InChI is InChI=1S/C12H23N3O/c1-5-15(8-6-7-13)11(16)9-10(14)12(2,3)4/h10H,5-6,8-9,14H2,1-4H3. The number of carbonyl (C=O) groups excluding carboxylic acids is 1. The average Bonchev–Trinajstić information content (AvgIpc) is 2.17. The highest BCUT2D eigenvalue weighted by Crippen LogP contribution is 2.20. The fourth-order valence-corrected chi connectivity index (χ4v) is 1.27. The van der Waals surface area contributed by atoms with Gasteiger partial charge in [-0.15, -0.1) is 0 Å². The third-order valence-corrected chi connectivity index (χ3v) is 2.73. The molecule has 0 fully saturated rings. The molecular formula is C12H23N3O. The minimum absolute atomic E-state index is 0.0418. The first-order chi connectivity index (χ1) is 7.32. The van der Waals surface area contributed by atoms with E-state index < -0.39 is 0 Å². The maximum absolute atomic E-state index is 11.9. The Balaban J connectivity index is 4.27. The number of rotatable bonds is 5. The van der Waals surface area contributed by atoms with Crippen molar-refractivity contribution in [1.29, 1.82) is 5.26 Å². The molecule has 0 aliphatic heterocycles. The van der Waals surface area contributed by atoms with E-state index in [-0.39, 0.29) is 17.4 Å². The highest BCUT2D eigenvalue weighted by atomic mass is 16.2. The molecule has 2 N–H and O–H groups in total. The molecule has 0 aromatic rings. The van der Waals surface area contributed by atoms with Crippen LogP contribution in [-0.2, 0) is 4.79 Å². The predicted octanol–water partition coefficient (Wildman–Crippen LogP) is 1.51. The van der Waals surface area contributed by atoms with E-state index >= 15 is 0 Å². The van der Waals surface area contributed by atoms with Crippen molar-refractivity contribution < 1.29 is 4.79 Å². The van der Waals surface area contributed by atoms with E-state index in [0.29, 0.717) is 25.9 Å². The Hall–Kier alpha value is -1.08. The summed E-state index contributed by atoms with van der Waals surface area (Å²) in [5, 5.41) is 8.49. The topological polar surface area (TPSA) is 70.1 Å². The third kappa shape index (κ3) is 5.13. The van der Waals surface area contributed by atoms with Gasteiger partial charge >= 0.3 is 0 Å². The van der Waals surface area contributed by atoms with E-state index in [4.69, 9.17) is 11.0 Å². The van der Waals surface area contributed by atoms with Crippen LogP contribution in [0.3, 0.4) is 0 Å². The molecule has 4 nitrogen and oxygen atoms in total. The van der Waals surface area contributed by atoms with Crippen molar-refractivity contribution in [3.63, 3.8) is 0 Å². The van der Waals surface area contributed by atoms with Crippen LogP contribution in [0.2, 0.25) is 0 Å². The van der Waals surface area contributed by atoms with Gasteiger partial charge in [0.05, 0.1) is 12.5 Å². The van der Waals surface area contributed by atoms with Crippen LogP contribution in [0.5, 0.6) is 0 Å². The second-order valence-electron chi connectivity index (χ2n) is 5.06. The van der Waals surface area contributed by atoms with Gasteiger partial charge in [0, 0.05) is 25.6 Å². The summed E-state index contributed by atoms with van der Waals surface area (Å²) in [4.78, 5) is 13.6. The molecule has 16 heavy (non-hydrogen) atoms. The van der Waals surface area contributed by atoms with Gasteiger partial charge in [-0.1, -0.05) is 20.8 Å². The molecule has 0 aliphatic rings. The summed E-state index contributed by atoms with van der Waals surface area (Å²) in [5.74, 6) is 0.0418. The van der Waals surface area contributed by atoms with E-state index in [1.54, 1.807) is 4.90 Å². The van der Waals surface area contributed by atoms with Crippen molar-refractivity contribution >= 4 is 5.91 Å². The van der Waals surface area contributed by atoms with Crippen LogP contribution in [0.4, 0.5) is 0 Å². The molecular weight excluding hydrogens is 202 g/mol. The number of amides is 1. The van der Waals surface area contributed by atoms with Crippen molar-refractivity contribution in [2.24, 2.45) is 11.1 Å². The summed E-state index contributed by atoms with van der Waals surface area (Å²) < 4.78 is 0. The smallest absolute Gasteiger partial charge is 0.224 e. The van der Waals surface area contributed by atoms with Crippen molar-refractivity contribution in [3.05, 3.63) is 0 Å². The van der Waals surface area contributed by atoms with Gasteiger partial charge in [-0.3, -0.25) is 4.79 Å². The number of nitrogens with zero attached hydrogens (tertiary/aromatic N) is 2. The molecule has 0 saturated heterocycles. The largest absolute Gasteiger partial charge is 0.342 e. The maximum Gasteiger partial charge on any atom is 0.224 e. The Morgan fingerprint density at radius 2 is 2.06 bits per heavy atom. The lowest BCUT2D eigenvalue weighted by molar-refractivity contribution is -0.131. The fourth-order valence-electron chi connectivity index (χ4n) is 1.27. The quantitative estimate of drug-likeness (QED) is 0.771. The molecule has 1 unspecified atom stereocenters. The van der Waals surface area contributed by atoms with Gasteiger partial charge in [0.25, 0.3) is 0 Å². The number of nitrogens with two attached hydrogens (primary N) is 1. The Morgan fingerprint density at radius 1 is 1.50 bits per heavy atom. The molecule has 4 heteroatoms. The van der Waals surface area contributed by atoms with Gasteiger partial charge in [0.1, 0.15) is 0 Å². The number of hydrogen-bond donors (Lipinski definition) is 1. The van der Waals surface area contributed by atoms with Crippen LogP contribution in [-0.4, -0.2) is 29.9 Å². The monoisotopic (exact) mass is 225 g/mol. The predicted molar refractivity (Wildman–Crippen MR) is 64.5 cm³/mol. The first kappa shape index (κ1) is 14.9. The normalized spacial score (nSPS) is 13.0. The highest BCUT2D eigenvalue weighted by Gasteiger charge is 2.24. The fraction of sp³-hybridized carbons (Fsp3) is 0.833. The molecule has 0 aliphatic carbocycles. The summed E-state index contributed by atoms with van der Waals surface area (Å²) >= 11 is 0. The Labute approximate surface area is 98.4 Å². The van der Waals surface area contributed by atoms with Crippen LogP contribution in [0.25, 0.3) is 0 Å². The Bertz CT molecular complexity index is 262. The third-order valence-electron chi connectivity index (χ3n) is 2.73. The average molecular weight is 225 g/mol. The molecule has 0 bridgehead atoms. The van der Waals surface area contributed by atoms with Crippen LogP contribution < -0.4 is 5.73 Å². The summed E-state index contributed by atoms with van der Waals surface area (Å²) in [7, 11) is 0. The summed E-state index contributed by atoms with van der Waals surface area (Å²) in [6, 6.07) is 1.90. The molecule has 1 atom stereocenters. The number of carbonyl (C=O) groups is 1. The zero-order valence-corrected chi connectivity index (χ0v) is 10.8. The molecule has 0 spiro atoms. The molecule has 1 amide bonds. The molecule has 0 radical (unpaired) electrons. The second-order valence-corrected chi connectivity index (χ2v) is 5.06. The van der Waals surface area contributed by atoms with Gasteiger partial charge in [-0.25, -0.2) is 0 Å². The summed E-state index contributed by atoms with van der Waals surface area (Å²) in [6.07, 6.45) is 0.729. The maximum atomic E-state index is 11.9. The lowest BCUT2D eigenvalue weighted by Gasteiger charge is -2.29. The van der Waals surface area contributed by atoms with E-state index in [0.717, 1.165) is 0 Å². The van der Waals surface area contributed by atoms with Crippen LogP contribution in [0.1, 0.15) is 40.5 Å². The summed E-state index contributed by atoms with van der Waals surface area (Å²) in [5.41, 5.74) is 5.90. The zero-order chi connectivity index (χ0) is 12.8. The van der Waals surface area contributed by atoms with Crippen LogP contribution in [0.15, 0.2) is 0 Å². The van der Waals surface area contributed by atoms with Gasteiger partial charge in [-0.05, 0) is 12.3 Å². The zero-order valence-electron chi connectivity index (χ0n) is 10.8. The van der Waals surface area contributed by atoms with Crippen molar-refractivity contribution in [2.75, 3.05) is 13.1 Å². The minimum Gasteiger partial charge on any atom is -0.342 e. The first-order valence-corrected chi connectivity index (χ1v) is 5.73. The number of hydrogen-bond acceptors (Lipinski definition) is 3. The SMILES string of the molecule is CCN(CCC#N)C(=O)CC(N)C(C)(C)C. The second kappa shape index (κ2) is 6.49.